The van der Waals surface area contributed by atoms with Crippen molar-refractivity contribution in [3.05, 3.63) is 29.6 Å². The Morgan fingerprint density at radius 2 is 2.10 bits per heavy atom. The lowest BCUT2D eigenvalue weighted by Crippen LogP contribution is -2.32. The first-order valence-corrected chi connectivity index (χ1v) is 7.65. The Bertz CT molecular complexity index is 457. The molecule has 1 aliphatic rings. The van der Waals surface area contributed by atoms with E-state index in [4.69, 9.17) is 0 Å². The minimum absolute atomic E-state index is 0.0573. The van der Waals surface area contributed by atoms with E-state index >= 15 is 0 Å². The number of hydrogen-bond acceptors (Lipinski definition) is 2. The topological polar surface area (TPSA) is 24.9 Å². The van der Waals surface area contributed by atoms with E-state index in [1.807, 2.05) is 6.92 Å². The van der Waals surface area contributed by atoms with Gasteiger partial charge in [-0.15, -0.1) is 0 Å². The Morgan fingerprint density at radius 1 is 1.33 bits per heavy atom. The lowest BCUT2D eigenvalue weighted by Gasteiger charge is -2.36. The molecule has 3 unspecified atom stereocenters. The third kappa shape index (κ3) is 3.96. The molecular formula is C16H23F3N2. The van der Waals surface area contributed by atoms with E-state index in [1.165, 1.54) is 12.4 Å². The van der Waals surface area contributed by atoms with Gasteiger partial charge in [0.15, 0.2) is 0 Å². The van der Waals surface area contributed by atoms with Crippen LogP contribution in [0.3, 0.4) is 0 Å². The van der Waals surface area contributed by atoms with Crippen molar-refractivity contribution in [2.45, 2.75) is 45.2 Å². The van der Waals surface area contributed by atoms with Crippen molar-refractivity contribution in [1.82, 2.24) is 10.3 Å². The third-order valence-electron chi connectivity index (χ3n) is 4.47. The average Bonchev–Trinajstić information content (AvgIpc) is 2.45. The van der Waals surface area contributed by atoms with E-state index in [-0.39, 0.29) is 11.8 Å². The van der Waals surface area contributed by atoms with Gasteiger partial charge in [-0.2, -0.15) is 13.2 Å². The second kappa shape index (κ2) is 6.77. The van der Waals surface area contributed by atoms with E-state index in [0.29, 0.717) is 11.5 Å². The highest BCUT2D eigenvalue weighted by Crippen LogP contribution is 2.44. The molecule has 0 saturated heterocycles. The standard InChI is InChI=1S/C16H23F3N2/c1-3-20-9-12-5-4-11(2)8-13(12)14-10-21-7-6-15(14)16(17,18)19/h6-7,10-13,20H,3-5,8-9H2,1-2H3. The van der Waals surface area contributed by atoms with Gasteiger partial charge in [-0.3, -0.25) is 4.98 Å². The molecule has 0 amide bonds. The number of halogens is 3. The molecule has 0 spiro atoms. The zero-order valence-electron chi connectivity index (χ0n) is 12.6. The van der Waals surface area contributed by atoms with E-state index in [1.54, 1.807) is 0 Å². The van der Waals surface area contributed by atoms with Crippen LogP contribution in [0, 0.1) is 11.8 Å². The molecule has 0 radical (unpaired) electrons. The predicted molar refractivity (Wildman–Crippen MR) is 77.0 cm³/mol. The van der Waals surface area contributed by atoms with Gasteiger partial charge in [0.05, 0.1) is 5.56 Å². The van der Waals surface area contributed by atoms with Crippen LogP contribution in [0.2, 0.25) is 0 Å². The first kappa shape index (κ1) is 16.3. The molecule has 21 heavy (non-hydrogen) atoms. The maximum absolute atomic E-state index is 13.2. The van der Waals surface area contributed by atoms with Crippen LogP contribution in [0.1, 0.15) is 50.2 Å². The Hall–Kier alpha value is -1.10. The number of nitrogens with one attached hydrogen (secondary N) is 1. The normalized spacial score (nSPS) is 26.8. The fourth-order valence-corrected chi connectivity index (χ4v) is 3.36. The zero-order valence-corrected chi connectivity index (χ0v) is 12.6. The smallest absolute Gasteiger partial charge is 0.317 e. The maximum Gasteiger partial charge on any atom is 0.416 e. The van der Waals surface area contributed by atoms with Gasteiger partial charge in [-0.05, 0) is 55.3 Å². The molecule has 118 valence electrons. The molecule has 1 aliphatic carbocycles. The lowest BCUT2D eigenvalue weighted by molar-refractivity contribution is -0.138. The maximum atomic E-state index is 13.2. The number of nitrogens with zero attached hydrogens (tertiary/aromatic N) is 1. The first-order chi connectivity index (χ1) is 9.93. The van der Waals surface area contributed by atoms with Crippen LogP contribution in [-0.4, -0.2) is 18.1 Å². The summed E-state index contributed by atoms with van der Waals surface area (Å²) < 4.78 is 39.7. The van der Waals surface area contributed by atoms with Gasteiger partial charge in [0.25, 0.3) is 0 Å². The van der Waals surface area contributed by atoms with Crippen LogP contribution < -0.4 is 5.32 Å². The van der Waals surface area contributed by atoms with Crippen LogP contribution >= 0.6 is 0 Å². The van der Waals surface area contributed by atoms with Crippen molar-refractivity contribution in [3.8, 4) is 0 Å². The molecule has 1 saturated carbocycles. The summed E-state index contributed by atoms with van der Waals surface area (Å²) >= 11 is 0. The van der Waals surface area contributed by atoms with Crippen LogP contribution in [0.5, 0.6) is 0 Å². The molecule has 1 aromatic rings. The summed E-state index contributed by atoms with van der Waals surface area (Å²) in [6.07, 6.45) is 1.23. The molecule has 0 aromatic carbocycles. The molecule has 3 atom stereocenters. The van der Waals surface area contributed by atoms with Crippen molar-refractivity contribution in [1.29, 1.82) is 0 Å². The van der Waals surface area contributed by atoms with Crippen molar-refractivity contribution in [2.75, 3.05) is 13.1 Å². The minimum Gasteiger partial charge on any atom is -0.317 e. The van der Waals surface area contributed by atoms with Crippen LogP contribution in [0.25, 0.3) is 0 Å². The van der Waals surface area contributed by atoms with Gasteiger partial charge in [-0.25, -0.2) is 0 Å². The predicted octanol–water partition coefficient (Wildman–Crippen LogP) is 4.23. The van der Waals surface area contributed by atoms with Crippen LogP contribution in [0.4, 0.5) is 13.2 Å². The monoisotopic (exact) mass is 300 g/mol. The molecular weight excluding hydrogens is 277 g/mol. The highest BCUT2D eigenvalue weighted by atomic mass is 19.4. The number of aromatic nitrogens is 1. The zero-order chi connectivity index (χ0) is 15.5. The van der Waals surface area contributed by atoms with E-state index < -0.39 is 11.7 Å². The number of pyridine rings is 1. The van der Waals surface area contributed by atoms with Crippen molar-refractivity contribution >= 4 is 0 Å². The number of rotatable bonds is 4. The lowest BCUT2D eigenvalue weighted by atomic mass is 9.71. The minimum atomic E-state index is -4.30. The second-order valence-corrected chi connectivity index (χ2v) is 6.05. The summed E-state index contributed by atoms with van der Waals surface area (Å²) in [7, 11) is 0. The molecule has 2 nitrogen and oxygen atoms in total. The van der Waals surface area contributed by atoms with Gasteiger partial charge >= 0.3 is 6.18 Å². The Balaban J connectivity index is 2.32. The van der Waals surface area contributed by atoms with Gasteiger partial charge in [0.2, 0.25) is 0 Å². The SMILES string of the molecule is CCNCC1CCC(C)CC1c1cnccc1C(F)(F)F. The van der Waals surface area contributed by atoms with Crippen molar-refractivity contribution < 1.29 is 13.2 Å². The molecule has 0 bridgehead atoms. The van der Waals surface area contributed by atoms with Gasteiger partial charge in [-0.1, -0.05) is 20.3 Å². The summed E-state index contributed by atoms with van der Waals surface area (Å²) in [6, 6.07) is 1.11. The molecule has 1 N–H and O–H groups in total. The van der Waals surface area contributed by atoms with E-state index in [0.717, 1.165) is 38.4 Å². The van der Waals surface area contributed by atoms with Gasteiger partial charge < -0.3 is 5.32 Å². The Kier molecular flexibility index (Phi) is 5.25. The van der Waals surface area contributed by atoms with E-state index in [2.05, 4.69) is 17.2 Å². The summed E-state index contributed by atoms with van der Waals surface area (Å²) in [4.78, 5) is 3.95. The molecule has 5 heteroatoms. The van der Waals surface area contributed by atoms with Gasteiger partial charge in [0, 0.05) is 12.4 Å². The summed E-state index contributed by atoms with van der Waals surface area (Å²) in [5.74, 6) is 0.666. The summed E-state index contributed by atoms with van der Waals surface area (Å²) in [5.41, 5.74) is -0.141. The fraction of sp³-hybridized carbons (Fsp3) is 0.688. The summed E-state index contributed by atoms with van der Waals surface area (Å²) in [5, 5.41) is 3.29. The highest BCUT2D eigenvalue weighted by Gasteiger charge is 2.38. The largest absolute Gasteiger partial charge is 0.416 e. The average molecular weight is 300 g/mol. The van der Waals surface area contributed by atoms with Crippen molar-refractivity contribution in [3.63, 3.8) is 0 Å². The van der Waals surface area contributed by atoms with Crippen LogP contribution in [-0.2, 0) is 6.18 Å². The Labute approximate surface area is 124 Å². The second-order valence-electron chi connectivity index (χ2n) is 6.05. The van der Waals surface area contributed by atoms with E-state index in [9.17, 15) is 13.2 Å². The number of hydrogen-bond donors (Lipinski definition) is 1. The first-order valence-electron chi connectivity index (χ1n) is 7.65. The molecule has 0 aliphatic heterocycles. The third-order valence-corrected chi connectivity index (χ3v) is 4.47. The quantitative estimate of drug-likeness (QED) is 0.900. The molecule has 2 rings (SSSR count). The Morgan fingerprint density at radius 3 is 2.76 bits per heavy atom. The van der Waals surface area contributed by atoms with Crippen molar-refractivity contribution in [2.24, 2.45) is 11.8 Å². The van der Waals surface area contributed by atoms with Gasteiger partial charge in [0.1, 0.15) is 0 Å². The highest BCUT2D eigenvalue weighted by molar-refractivity contribution is 5.30. The fourth-order valence-electron chi connectivity index (χ4n) is 3.36. The summed E-state index contributed by atoms with van der Waals surface area (Å²) in [6.45, 7) is 5.77. The van der Waals surface area contributed by atoms with Crippen LogP contribution in [0.15, 0.2) is 18.5 Å². The molecule has 1 heterocycles. The molecule has 1 fully saturated rings. The number of alkyl halides is 3. The molecule has 1 aromatic heterocycles.